The van der Waals surface area contributed by atoms with Crippen molar-refractivity contribution in [2.75, 3.05) is 19.7 Å². The fraction of sp³-hybridized carbons (Fsp3) is 0.423. The number of ether oxygens (including phenoxy) is 1. The molecule has 0 spiro atoms. The number of fused-ring (bicyclic) bond motifs is 3. The minimum atomic E-state index is -0.988. The zero-order chi connectivity index (χ0) is 23.8. The molecule has 33 heavy (non-hydrogen) atoms. The number of aliphatic carboxylic acids is 1. The zero-order valence-corrected chi connectivity index (χ0v) is 19.2. The number of hydrogen-bond donors (Lipinski definition) is 2. The summed E-state index contributed by atoms with van der Waals surface area (Å²) in [6, 6.07) is 15.4. The number of rotatable bonds is 6. The van der Waals surface area contributed by atoms with E-state index < -0.39 is 23.5 Å². The van der Waals surface area contributed by atoms with Crippen molar-refractivity contribution in [1.29, 1.82) is 0 Å². The SMILES string of the molecule is CC[C@@H](NC(=O)OCC1c2ccccc2-c2ccccc21)C(=O)N1CC(C)C(C)(C(=O)O)C1. The average molecular weight is 451 g/mol. The smallest absolute Gasteiger partial charge is 0.407 e. The molecule has 2 aromatic carbocycles. The van der Waals surface area contributed by atoms with Crippen molar-refractivity contribution in [2.45, 2.75) is 39.2 Å². The van der Waals surface area contributed by atoms with Crippen molar-refractivity contribution in [3.8, 4) is 11.1 Å². The Labute approximate surface area is 193 Å². The van der Waals surface area contributed by atoms with Crippen LogP contribution in [0.4, 0.5) is 4.79 Å². The van der Waals surface area contributed by atoms with E-state index in [1.807, 2.05) is 50.2 Å². The van der Waals surface area contributed by atoms with E-state index in [-0.39, 0.29) is 30.9 Å². The van der Waals surface area contributed by atoms with E-state index in [2.05, 4.69) is 17.4 Å². The first-order chi connectivity index (χ1) is 15.8. The summed E-state index contributed by atoms with van der Waals surface area (Å²) in [6.45, 7) is 5.95. The number of carboxylic acids is 1. The maximum Gasteiger partial charge on any atom is 0.407 e. The number of carbonyl (C=O) groups is 3. The van der Waals surface area contributed by atoms with Gasteiger partial charge in [0.1, 0.15) is 12.6 Å². The fourth-order valence-electron chi connectivity index (χ4n) is 4.94. The minimum absolute atomic E-state index is 0.0605. The van der Waals surface area contributed by atoms with Crippen molar-refractivity contribution in [1.82, 2.24) is 10.2 Å². The first-order valence-corrected chi connectivity index (χ1v) is 11.4. The molecule has 3 atom stereocenters. The predicted molar refractivity (Wildman–Crippen MR) is 124 cm³/mol. The number of carbonyl (C=O) groups excluding carboxylic acids is 2. The standard InChI is InChI=1S/C26H30N2O5/c1-4-22(23(29)28-13-16(2)26(3,15-28)24(30)31)27-25(32)33-14-21-19-11-7-5-9-17(19)18-10-6-8-12-20(18)21/h5-12,16,21-22H,4,13-15H2,1-3H3,(H,27,32)(H,30,31)/t16?,22-,26?/m1/s1. The van der Waals surface area contributed by atoms with Crippen molar-refractivity contribution in [3.05, 3.63) is 59.7 Å². The van der Waals surface area contributed by atoms with Gasteiger partial charge in [0.25, 0.3) is 0 Å². The summed E-state index contributed by atoms with van der Waals surface area (Å²) < 4.78 is 5.57. The maximum atomic E-state index is 13.0. The second-order valence-corrected chi connectivity index (χ2v) is 9.27. The van der Waals surface area contributed by atoms with Crippen LogP contribution in [0.15, 0.2) is 48.5 Å². The lowest BCUT2D eigenvalue weighted by atomic mass is 9.81. The Morgan fingerprint density at radius 1 is 1.12 bits per heavy atom. The van der Waals surface area contributed by atoms with E-state index in [0.29, 0.717) is 13.0 Å². The molecule has 0 saturated carbocycles. The van der Waals surface area contributed by atoms with Crippen molar-refractivity contribution in [2.24, 2.45) is 11.3 Å². The third-order valence-corrected chi connectivity index (χ3v) is 7.24. The zero-order valence-electron chi connectivity index (χ0n) is 19.2. The van der Waals surface area contributed by atoms with Crippen LogP contribution in [0.5, 0.6) is 0 Å². The Hall–Kier alpha value is -3.35. The van der Waals surface area contributed by atoms with E-state index in [9.17, 15) is 19.5 Å². The molecule has 2 N–H and O–H groups in total. The van der Waals surface area contributed by atoms with Gasteiger partial charge in [-0.25, -0.2) is 4.79 Å². The van der Waals surface area contributed by atoms with Crippen LogP contribution in [0, 0.1) is 11.3 Å². The minimum Gasteiger partial charge on any atom is -0.481 e. The number of alkyl carbamates (subject to hydrolysis) is 1. The molecule has 0 bridgehead atoms. The number of nitrogens with one attached hydrogen (secondary N) is 1. The Balaban J connectivity index is 1.40. The summed E-state index contributed by atoms with van der Waals surface area (Å²) in [5, 5.41) is 12.3. The highest BCUT2D eigenvalue weighted by molar-refractivity contribution is 5.87. The Morgan fingerprint density at radius 3 is 2.21 bits per heavy atom. The summed E-state index contributed by atoms with van der Waals surface area (Å²) in [7, 11) is 0. The number of likely N-dealkylation sites (tertiary alicyclic amines) is 1. The van der Waals surface area contributed by atoms with Crippen molar-refractivity contribution < 1.29 is 24.2 Å². The third kappa shape index (κ3) is 4.08. The third-order valence-electron chi connectivity index (χ3n) is 7.24. The molecule has 1 aliphatic carbocycles. The quantitative estimate of drug-likeness (QED) is 0.697. The summed E-state index contributed by atoms with van der Waals surface area (Å²) in [6.07, 6.45) is -0.261. The summed E-state index contributed by atoms with van der Waals surface area (Å²) in [5.41, 5.74) is 3.54. The molecule has 7 nitrogen and oxygen atoms in total. The van der Waals surface area contributed by atoms with Gasteiger partial charge in [0.05, 0.1) is 5.41 Å². The molecule has 7 heteroatoms. The van der Waals surface area contributed by atoms with Gasteiger partial charge >= 0.3 is 12.1 Å². The van der Waals surface area contributed by atoms with Crippen LogP contribution in [-0.4, -0.2) is 53.7 Å². The van der Waals surface area contributed by atoms with E-state index in [4.69, 9.17) is 4.74 Å². The Bertz CT molecular complexity index is 1040. The van der Waals surface area contributed by atoms with Crippen LogP contribution in [0.1, 0.15) is 44.2 Å². The monoisotopic (exact) mass is 450 g/mol. The van der Waals surface area contributed by atoms with Gasteiger partial charge in [-0.3, -0.25) is 9.59 Å². The molecule has 0 aromatic heterocycles. The molecule has 2 amide bonds. The van der Waals surface area contributed by atoms with E-state index in [1.165, 1.54) is 4.90 Å². The molecule has 1 heterocycles. The van der Waals surface area contributed by atoms with Crippen LogP contribution in [0.25, 0.3) is 11.1 Å². The highest BCUT2D eigenvalue weighted by Crippen LogP contribution is 2.44. The lowest BCUT2D eigenvalue weighted by Crippen LogP contribution is -2.48. The predicted octanol–water partition coefficient (Wildman–Crippen LogP) is 3.87. The van der Waals surface area contributed by atoms with Crippen LogP contribution >= 0.6 is 0 Å². The van der Waals surface area contributed by atoms with Gasteiger partial charge in [0, 0.05) is 19.0 Å². The summed E-state index contributed by atoms with van der Waals surface area (Å²) in [5.74, 6) is -1.42. The molecule has 174 valence electrons. The summed E-state index contributed by atoms with van der Waals surface area (Å²) >= 11 is 0. The molecule has 1 fully saturated rings. The van der Waals surface area contributed by atoms with E-state index in [0.717, 1.165) is 22.3 Å². The number of benzene rings is 2. The average Bonchev–Trinajstić information content (AvgIpc) is 3.30. The molecule has 0 radical (unpaired) electrons. The van der Waals surface area contributed by atoms with Gasteiger partial charge in [-0.1, -0.05) is 62.4 Å². The van der Waals surface area contributed by atoms with Gasteiger partial charge in [-0.2, -0.15) is 0 Å². The number of carboxylic acid groups (broad SMARTS) is 1. The van der Waals surface area contributed by atoms with Gasteiger partial charge in [0.15, 0.2) is 0 Å². The summed E-state index contributed by atoms with van der Waals surface area (Å²) in [4.78, 5) is 38.8. The normalized spacial score (nSPS) is 22.4. The number of amides is 2. The topological polar surface area (TPSA) is 95.9 Å². The fourth-order valence-corrected chi connectivity index (χ4v) is 4.94. The maximum absolute atomic E-state index is 13.0. The van der Waals surface area contributed by atoms with Crippen molar-refractivity contribution >= 4 is 18.0 Å². The lowest BCUT2D eigenvalue weighted by Gasteiger charge is -2.25. The number of hydrogen-bond acceptors (Lipinski definition) is 4. The Morgan fingerprint density at radius 2 is 1.70 bits per heavy atom. The first kappa shape index (κ1) is 22.8. The highest BCUT2D eigenvalue weighted by atomic mass is 16.5. The molecule has 1 aliphatic heterocycles. The second-order valence-electron chi connectivity index (χ2n) is 9.27. The van der Waals surface area contributed by atoms with E-state index >= 15 is 0 Å². The second kappa shape index (κ2) is 8.89. The molecular weight excluding hydrogens is 420 g/mol. The highest BCUT2D eigenvalue weighted by Gasteiger charge is 2.48. The van der Waals surface area contributed by atoms with Crippen LogP contribution in [0.2, 0.25) is 0 Å². The lowest BCUT2D eigenvalue weighted by molar-refractivity contribution is -0.149. The molecule has 2 aromatic rings. The molecule has 4 rings (SSSR count). The number of nitrogens with zero attached hydrogens (tertiary/aromatic N) is 1. The van der Waals surface area contributed by atoms with Crippen LogP contribution in [0.3, 0.4) is 0 Å². The molecular formula is C26H30N2O5. The molecule has 2 aliphatic rings. The first-order valence-electron chi connectivity index (χ1n) is 11.4. The van der Waals surface area contributed by atoms with Gasteiger partial charge in [-0.05, 0) is 41.5 Å². The largest absolute Gasteiger partial charge is 0.481 e. The van der Waals surface area contributed by atoms with E-state index in [1.54, 1.807) is 6.92 Å². The molecule has 2 unspecified atom stereocenters. The van der Waals surface area contributed by atoms with Crippen molar-refractivity contribution in [3.63, 3.8) is 0 Å². The van der Waals surface area contributed by atoms with Gasteiger partial charge in [0.2, 0.25) is 5.91 Å². The van der Waals surface area contributed by atoms with Gasteiger partial charge in [-0.15, -0.1) is 0 Å². The van der Waals surface area contributed by atoms with Crippen LogP contribution < -0.4 is 5.32 Å². The van der Waals surface area contributed by atoms with Gasteiger partial charge < -0.3 is 20.1 Å². The molecule has 1 saturated heterocycles. The van der Waals surface area contributed by atoms with Crippen LogP contribution in [-0.2, 0) is 14.3 Å². The Kier molecular flexibility index (Phi) is 6.15.